The Morgan fingerprint density at radius 2 is 2.11 bits per heavy atom. The van der Waals surface area contributed by atoms with E-state index in [1.165, 1.54) is 6.07 Å². The van der Waals surface area contributed by atoms with E-state index in [0.29, 0.717) is 17.9 Å². The summed E-state index contributed by atoms with van der Waals surface area (Å²) in [5, 5.41) is 0.0949. The Labute approximate surface area is 116 Å². The van der Waals surface area contributed by atoms with Crippen molar-refractivity contribution in [1.82, 2.24) is 4.98 Å². The molecule has 0 unspecified atom stereocenters. The minimum atomic E-state index is -0.447. The van der Waals surface area contributed by atoms with Gasteiger partial charge in [0.1, 0.15) is 18.2 Å². The molecule has 0 aliphatic carbocycles. The van der Waals surface area contributed by atoms with Gasteiger partial charge in [-0.2, -0.15) is 0 Å². The third-order valence-electron chi connectivity index (χ3n) is 2.62. The molecular formula is C14H14ClFN2O. The molecule has 19 heavy (non-hydrogen) atoms. The van der Waals surface area contributed by atoms with Gasteiger partial charge in [0.05, 0.1) is 11.2 Å². The predicted octanol–water partition coefficient (Wildman–Crippen LogP) is 2.95. The lowest BCUT2D eigenvalue weighted by molar-refractivity contribution is 0.298. The van der Waals surface area contributed by atoms with Crippen molar-refractivity contribution in [2.24, 2.45) is 5.73 Å². The van der Waals surface area contributed by atoms with Gasteiger partial charge in [-0.3, -0.25) is 4.98 Å². The highest BCUT2D eigenvalue weighted by Gasteiger charge is 2.06. The molecule has 1 heterocycles. The van der Waals surface area contributed by atoms with E-state index in [9.17, 15) is 4.39 Å². The van der Waals surface area contributed by atoms with E-state index < -0.39 is 5.82 Å². The normalized spacial score (nSPS) is 10.5. The Kier molecular flexibility index (Phi) is 4.71. The van der Waals surface area contributed by atoms with Gasteiger partial charge in [0.15, 0.2) is 0 Å². The Morgan fingerprint density at radius 3 is 2.79 bits per heavy atom. The Morgan fingerprint density at radius 1 is 1.26 bits per heavy atom. The second-order valence-electron chi connectivity index (χ2n) is 4.03. The highest BCUT2D eigenvalue weighted by molar-refractivity contribution is 6.30. The molecule has 5 heteroatoms. The molecule has 0 saturated heterocycles. The zero-order valence-corrected chi connectivity index (χ0v) is 11.0. The van der Waals surface area contributed by atoms with Crippen molar-refractivity contribution in [3.63, 3.8) is 0 Å². The van der Waals surface area contributed by atoms with Gasteiger partial charge in [0.2, 0.25) is 0 Å². The predicted molar refractivity (Wildman–Crippen MR) is 72.7 cm³/mol. The summed E-state index contributed by atoms with van der Waals surface area (Å²) in [7, 11) is 0. The number of hydrogen-bond donors (Lipinski definition) is 1. The number of aromatic nitrogens is 1. The van der Waals surface area contributed by atoms with Crippen LogP contribution in [0, 0.1) is 5.82 Å². The number of halogens is 2. The van der Waals surface area contributed by atoms with Crippen molar-refractivity contribution in [1.29, 1.82) is 0 Å². The number of pyridine rings is 1. The molecule has 0 spiro atoms. The molecular weight excluding hydrogens is 267 g/mol. The first kappa shape index (κ1) is 13.8. The molecule has 2 aromatic rings. The van der Waals surface area contributed by atoms with Crippen molar-refractivity contribution in [3.8, 4) is 5.75 Å². The number of nitrogens with zero attached hydrogens (tertiary/aromatic N) is 1. The summed E-state index contributed by atoms with van der Waals surface area (Å²) < 4.78 is 19.1. The molecule has 0 amide bonds. The summed E-state index contributed by atoms with van der Waals surface area (Å²) in [5.74, 6) is 0.136. The molecule has 0 aliphatic rings. The maximum absolute atomic E-state index is 13.6. The fourth-order valence-electron chi connectivity index (χ4n) is 1.61. The molecule has 1 aromatic carbocycles. The van der Waals surface area contributed by atoms with Gasteiger partial charge in [-0.15, -0.1) is 0 Å². The smallest absolute Gasteiger partial charge is 0.148 e. The van der Waals surface area contributed by atoms with Crippen LogP contribution < -0.4 is 10.5 Å². The monoisotopic (exact) mass is 280 g/mol. The zero-order chi connectivity index (χ0) is 13.7. The average molecular weight is 281 g/mol. The van der Waals surface area contributed by atoms with Crippen LogP contribution in [0.3, 0.4) is 0 Å². The van der Waals surface area contributed by atoms with Crippen LogP contribution >= 0.6 is 11.6 Å². The Balaban J connectivity index is 2.00. The van der Waals surface area contributed by atoms with Crippen LogP contribution in [0.5, 0.6) is 5.75 Å². The summed E-state index contributed by atoms with van der Waals surface area (Å²) in [6.45, 7) is 0.672. The summed E-state index contributed by atoms with van der Waals surface area (Å²) >= 11 is 5.70. The van der Waals surface area contributed by atoms with E-state index in [2.05, 4.69) is 4.98 Å². The van der Waals surface area contributed by atoms with Crippen molar-refractivity contribution >= 4 is 11.6 Å². The van der Waals surface area contributed by atoms with Crippen LogP contribution in [0.4, 0.5) is 4.39 Å². The highest BCUT2D eigenvalue weighted by Crippen LogP contribution is 2.19. The lowest BCUT2D eigenvalue weighted by Crippen LogP contribution is -2.04. The molecule has 3 nitrogen and oxygen atoms in total. The van der Waals surface area contributed by atoms with Crippen LogP contribution in [0.25, 0.3) is 0 Å². The second-order valence-corrected chi connectivity index (χ2v) is 4.43. The van der Waals surface area contributed by atoms with Crippen molar-refractivity contribution in [2.45, 2.75) is 13.0 Å². The van der Waals surface area contributed by atoms with Crippen LogP contribution in [0.1, 0.15) is 11.3 Å². The lowest BCUT2D eigenvalue weighted by Gasteiger charge is -2.08. The standard InChI is InChI=1S/C14H14ClFN2O/c15-13-3-1-2-10(14(13)16)9-19-12-5-4-11(6-7-17)18-8-12/h1-5,8H,6-7,9,17H2. The van der Waals surface area contributed by atoms with E-state index in [-0.39, 0.29) is 11.6 Å². The van der Waals surface area contributed by atoms with Gasteiger partial charge in [0.25, 0.3) is 0 Å². The number of nitrogens with two attached hydrogens (primary N) is 1. The molecule has 0 saturated carbocycles. The molecule has 0 bridgehead atoms. The minimum absolute atomic E-state index is 0.0949. The van der Waals surface area contributed by atoms with Crippen LogP contribution in [-0.4, -0.2) is 11.5 Å². The van der Waals surface area contributed by atoms with E-state index in [1.54, 1.807) is 24.4 Å². The van der Waals surface area contributed by atoms with E-state index in [1.807, 2.05) is 6.07 Å². The summed E-state index contributed by atoms with van der Waals surface area (Å²) in [4.78, 5) is 4.20. The molecule has 0 atom stereocenters. The zero-order valence-electron chi connectivity index (χ0n) is 10.3. The quantitative estimate of drug-likeness (QED) is 0.916. The van der Waals surface area contributed by atoms with Gasteiger partial charge < -0.3 is 10.5 Å². The summed E-state index contributed by atoms with van der Waals surface area (Å²) in [5.41, 5.74) is 6.76. The van der Waals surface area contributed by atoms with Crippen LogP contribution in [0.2, 0.25) is 5.02 Å². The highest BCUT2D eigenvalue weighted by atomic mass is 35.5. The first-order valence-corrected chi connectivity index (χ1v) is 6.29. The molecule has 100 valence electrons. The first-order valence-electron chi connectivity index (χ1n) is 5.91. The Hall–Kier alpha value is -1.65. The second kappa shape index (κ2) is 6.50. The maximum Gasteiger partial charge on any atom is 0.148 e. The number of hydrogen-bond acceptors (Lipinski definition) is 3. The van der Waals surface area contributed by atoms with Gasteiger partial charge in [-0.1, -0.05) is 23.7 Å². The lowest BCUT2D eigenvalue weighted by atomic mass is 10.2. The van der Waals surface area contributed by atoms with Crippen molar-refractivity contribution < 1.29 is 9.13 Å². The van der Waals surface area contributed by atoms with E-state index in [0.717, 1.165) is 12.1 Å². The van der Waals surface area contributed by atoms with Crippen molar-refractivity contribution in [2.75, 3.05) is 6.54 Å². The van der Waals surface area contributed by atoms with Crippen molar-refractivity contribution in [3.05, 3.63) is 58.6 Å². The molecule has 0 aliphatic heterocycles. The minimum Gasteiger partial charge on any atom is -0.487 e. The SMILES string of the molecule is NCCc1ccc(OCc2cccc(Cl)c2F)cn1. The maximum atomic E-state index is 13.6. The molecule has 2 N–H and O–H groups in total. The third-order valence-corrected chi connectivity index (χ3v) is 2.92. The molecule has 1 aromatic heterocycles. The van der Waals surface area contributed by atoms with Crippen LogP contribution in [0.15, 0.2) is 36.5 Å². The largest absolute Gasteiger partial charge is 0.487 e. The van der Waals surface area contributed by atoms with Gasteiger partial charge >= 0.3 is 0 Å². The molecule has 0 fully saturated rings. The van der Waals surface area contributed by atoms with Gasteiger partial charge in [0, 0.05) is 17.7 Å². The first-order chi connectivity index (χ1) is 9.20. The summed E-state index contributed by atoms with van der Waals surface area (Å²) in [6, 6.07) is 8.46. The fourth-order valence-corrected chi connectivity index (χ4v) is 1.81. The van der Waals surface area contributed by atoms with E-state index >= 15 is 0 Å². The van der Waals surface area contributed by atoms with Gasteiger partial charge in [-0.25, -0.2) is 4.39 Å². The number of benzene rings is 1. The number of rotatable bonds is 5. The molecule has 2 rings (SSSR count). The molecule has 0 radical (unpaired) electrons. The fraction of sp³-hybridized carbons (Fsp3) is 0.214. The average Bonchev–Trinajstić information content (AvgIpc) is 2.42. The number of ether oxygens (including phenoxy) is 1. The Bertz CT molecular complexity index is 546. The third kappa shape index (κ3) is 3.66. The topological polar surface area (TPSA) is 48.1 Å². The summed E-state index contributed by atoms with van der Waals surface area (Å²) in [6.07, 6.45) is 2.33. The van der Waals surface area contributed by atoms with Gasteiger partial charge in [-0.05, 0) is 24.7 Å². The van der Waals surface area contributed by atoms with E-state index in [4.69, 9.17) is 22.1 Å². The van der Waals surface area contributed by atoms with Crippen LogP contribution in [-0.2, 0) is 13.0 Å².